The minimum Gasteiger partial charge on any atom is -0.469 e. The van der Waals surface area contributed by atoms with Gasteiger partial charge in [-0.25, -0.2) is 0 Å². The van der Waals surface area contributed by atoms with Crippen LogP contribution in [0.4, 0.5) is 0 Å². The van der Waals surface area contributed by atoms with Gasteiger partial charge in [0.1, 0.15) is 5.76 Å². The molecule has 0 radical (unpaired) electrons. The Balaban J connectivity index is 2.28. The van der Waals surface area contributed by atoms with Crippen molar-refractivity contribution in [2.24, 2.45) is 0 Å². The molecule has 15 heavy (non-hydrogen) atoms. The molecule has 1 heterocycles. The van der Waals surface area contributed by atoms with Crippen molar-refractivity contribution in [1.29, 1.82) is 0 Å². The summed E-state index contributed by atoms with van der Waals surface area (Å²) in [6.45, 7) is 1.98. The zero-order chi connectivity index (χ0) is 11.3. The zero-order valence-corrected chi connectivity index (χ0v) is 10.2. The molecule has 0 saturated carbocycles. The van der Waals surface area contributed by atoms with E-state index < -0.39 is 0 Å². The molecule has 0 aromatic carbocycles. The fourth-order valence-electron chi connectivity index (χ4n) is 1.03. The molecule has 84 valence electrons. The molecule has 1 atom stereocenters. The number of carbonyl (C=O) groups is 1. The van der Waals surface area contributed by atoms with Crippen LogP contribution < -0.4 is 0 Å². The van der Waals surface area contributed by atoms with E-state index in [2.05, 4.69) is 4.74 Å². The maximum Gasteiger partial charge on any atom is 0.306 e. The summed E-state index contributed by atoms with van der Waals surface area (Å²) in [5.74, 6) is 1.35. The Morgan fingerprint density at radius 1 is 1.67 bits per heavy atom. The molecule has 1 aromatic heterocycles. The Kier molecular flexibility index (Phi) is 5.05. The van der Waals surface area contributed by atoms with Gasteiger partial charge in [-0.05, 0) is 23.7 Å². The molecule has 0 saturated heterocycles. The van der Waals surface area contributed by atoms with Gasteiger partial charge in [-0.1, -0.05) is 6.92 Å². The van der Waals surface area contributed by atoms with Crippen molar-refractivity contribution in [2.45, 2.75) is 24.3 Å². The van der Waals surface area contributed by atoms with Gasteiger partial charge in [-0.15, -0.1) is 0 Å². The van der Waals surface area contributed by atoms with Crippen LogP contribution in [-0.4, -0.2) is 18.3 Å². The van der Waals surface area contributed by atoms with Crippen LogP contribution in [0.15, 0.2) is 16.5 Å². The first-order chi connectivity index (χ1) is 7.11. The Hall–Kier alpha value is -0.610. The van der Waals surface area contributed by atoms with Gasteiger partial charge in [0.25, 0.3) is 0 Å². The van der Waals surface area contributed by atoms with Crippen LogP contribution in [0, 0.1) is 0 Å². The largest absolute Gasteiger partial charge is 0.469 e. The first-order valence-corrected chi connectivity index (χ1v) is 5.97. The van der Waals surface area contributed by atoms with Crippen molar-refractivity contribution in [3.8, 4) is 0 Å². The van der Waals surface area contributed by atoms with E-state index in [9.17, 15) is 4.79 Å². The zero-order valence-electron chi connectivity index (χ0n) is 8.66. The van der Waals surface area contributed by atoms with E-state index in [4.69, 9.17) is 16.0 Å². The lowest BCUT2D eigenvalue weighted by Crippen LogP contribution is -2.08. The highest BCUT2D eigenvalue weighted by molar-refractivity contribution is 7.99. The normalized spacial score (nSPS) is 12.5. The predicted octanol–water partition coefficient (Wildman–Crippen LogP) is 3.12. The molecule has 3 nitrogen and oxygen atoms in total. The van der Waals surface area contributed by atoms with Crippen LogP contribution in [0.1, 0.15) is 19.1 Å². The number of hydrogen-bond donors (Lipinski definition) is 0. The second-order valence-electron chi connectivity index (χ2n) is 3.11. The molecule has 0 amide bonds. The fraction of sp³-hybridized carbons (Fsp3) is 0.500. The van der Waals surface area contributed by atoms with Gasteiger partial charge in [0.05, 0.1) is 19.3 Å². The van der Waals surface area contributed by atoms with Crippen LogP contribution in [0.5, 0.6) is 0 Å². The quantitative estimate of drug-likeness (QED) is 0.751. The highest BCUT2D eigenvalue weighted by atomic mass is 35.5. The average molecular weight is 249 g/mol. The number of esters is 1. The number of methoxy groups -OCH3 is 1. The summed E-state index contributed by atoms with van der Waals surface area (Å²) in [5, 5.41) is 0.604. The summed E-state index contributed by atoms with van der Waals surface area (Å²) in [7, 11) is 1.39. The predicted molar refractivity (Wildman–Crippen MR) is 61.1 cm³/mol. The van der Waals surface area contributed by atoms with E-state index in [0.29, 0.717) is 17.4 Å². The van der Waals surface area contributed by atoms with Crippen LogP contribution in [0.2, 0.25) is 5.22 Å². The van der Waals surface area contributed by atoms with E-state index in [0.717, 1.165) is 5.76 Å². The molecule has 0 aliphatic rings. The summed E-state index contributed by atoms with van der Waals surface area (Å²) in [6, 6.07) is 3.54. The lowest BCUT2D eigenvalue weighted by molar-refractivity contribution is -0.140. The summed E-state index contributed by atoms with van der Waals surface area (Å²) in [6.07, 6.45) is 0.412. The third-order valence-electron chi connectivity index (χ3n) is 1.82. The monoisotopic (exact) mass is 248 g/mol. The average Bonchev–Trinajstić information content (AvgIpc) is 2.61. The van der Waals surface area contributed by atoms with Crippen LogP contribution in [-0.2, 0) is 15.3 Å². The number of halogens is 1. The van der Waals surface area contributed by atoms with Crippen LogP contribution in [0.25, 0.3) is 0 Å². The maximum atomic E-state index is 11.0. The standard InChI is InChI=1S/C10H13ClO3S/c1-7(5-10(12)13-2)15-6-8-3-4-9(11)14-8/h3-4,7H,5-6H2,1-2H3. The summed E-state index contributed by atoms with van der Waals surface area (Å²) >= 11 is 7.27. The first kappa shape index (κ1) is 12.5. The van der Waals surface area contributed by atoms with Crippen LogP contribution in [0.3, 0.4) is 0 Å². The smallest absolute Gasteiger partial charge is 0.306 e. The van der Waals surface area contributed by atoms with E-state index in [1.807, 2.05) is 13.0 Å². The van der Waals surface area contributed by atoms with Gasteiger partial charge in [0, 0.05) is 5.25 Å². The molecule has 0 aliphatic heterocycles. The summed E-state index contributed by atoms with van der Waals surface area (Å²) < 4.78 is 9.77. The van der Waals surface area contributed by atoms with Crippen molar-refractivity contribution in [1.82, 2.24) is 0 Å². The minimum absolute atomic E-state index is 0.188. The van der Waals surface area contributed by atoms with E-state index >= 15 is 0 Å². The summed E-state index contributed by atoms with van der Waals surface area (Å²) in [4.78, 5) is 11.0. The number of rotatable bonds is 5. The maximum absolute atomic E-state index is 11.0. The van der Waals surface area contributed by atoms with Gasteiger partial charge in [0.2, 0.25) is 0 Å². The second-order valence-corrected chi connectivity index (χ2v) is 4.91. The van der Waals surface area contributed by atoms with Crippen LogP contribution >= 0.6 is 23.4 Å². The Morgan fingerprint density at radius 3 is 2.93 bits per heavy atom. The lowest BCUT2D eigenvalue weighted by Gasteiger charge is -2.07. The van der Waals surface area contributed by atoms with Crippen molar-refractivity contribution < 1.29 is 13.9 Å². The number of furan rings is 1. The van der Waals surface area contributed by atoms with Gasteiger partial charge in [-0.2, -0.15) is 11.8 Å². The SMILES string of the molecule is COC(=O)CC(C)SCc1ccc(Cl)o1. The third-order valence-corrected chi connectivity index (χ3v) is 3.21. The molecule has 0 bridgehead atoms. The Morgan fingerprint density at radius 2 is 2.40 bits per heavy atom. The van der Waals surface area contributed by atoms with E-state index in [1.165, 1.54) is 7.11 Å². The Bertz CT molecular complexity index is 324. The molecule has 0 N–H and O–H groups in total. The molecule has 5 heteroatoms. The molecule has 1 aromatic rings. The molecular formula is C10H13ClO3S. The van der Waals surface area contributed by atoms with Crippen molar-refractivity contribution in [2.75, 3.05) is 7.11 Å². The van der Waals surface area contributed by atoms with Crippen molar-refractivity contribution >= 4 is 29.3 Å². The topological polar surface area (TPSA) is 39.4 Å². The second kappa shape index (κ2) is 6.08. The fourth-order valence-corrected chi connectivity index (χ4v) is 2.05. The highest BCUT2D eigenvalue weighted by Gasteiger charge is 2.10. The number of hydrogen-bond acceptors (Lipinski definition) is 4. The Labute approximate surface area is 98.1 Å². The van der Waals surface area contributed by atoms with E-state index in [1.54, 1.807) is 17.8 Å². The van der Waals surface area contributed by atoms with Gasteiger partial charge < -0.3 is 9.15 Å². The molecule has 1 unspecified atom stereocenters. The number of carbonyl (C=O) groups excluding carboxylic acids is 1. The van der Waals surface area contributed by atoms with Crippen molar-refractivity contribution in [3.63, 3.8) is 0 Å². The lowest BCUT2D eigenvalue weighted by atomic mass is 10.3. The molecule has 1 rings (SSSR count). The minimum atomic E-state index is -0.188. The number of ether oxygens (including phenoxy) is 1. The number of thioether (sulfide) groups is 1. The molecule has 0 fully saturated rings. The molecule has 0 spiro atoms. The molecule has 0 aliphatic carbocycles. The highest BCUT2D eigenvalue weighted by Crippen LogP contribution is 2.23. The third kappa shape index (κ3) is 4.62. The molecular weight excluding hydrogens is 236 g/mol. The van der Waals surface area contributed by atoms with Gasteiger partial charge in [0.15, 0.2) is 5.22 Å². The van der Waals surface area contributed by atoms with Gasteiger partial charge in [-0.3, -0.25) is 4.79 Å². The van der Waals surface area contributed by atoms with Crippen molar-refractivity contribution in [3.05, 3.63) is 23.1 Å². The van der Waals surface area contributed by atoms with Gasteiger partial charge >= 0.3 is 5.97 Å². The van der Waals surface area contributed by atoms with E-state index in [-0.39, 0.29) is 11.2 Å². The summed E-state index contributed by atoms with van der Waals surface area (Å²) in [5.41, 5.74) is 0. The first-order valence-electron chi connectivity index (χ1n) is 4.54.